The molecule has 3 rings (SSSR count). The summed E-state index contributed by atoms with van der Waals surface area (Å²) >= 11 is 0. The Kier molecular flexibility index (Phi) is 4.07. The summed E-state index contributed by atoms with van der Waals surface area (Å²) in [6, 6.07) is 10.3. The van der Waals surface area contributed by atoms with Gasteiger partial charge in [-0.1, -0.05) is 19.1 Å². The number of nitrogens with zero attached hydrogens (tertiary/aromatic N) is 1. The minimum absolute atomic E-state index is 0.0347. The molecule has 3 nitrogen and oxygen atoms in total. The quantitative estimate of drug-likeness (QED) is 0.922. The molecule has 1 heterocycles. The molecule has 0 radical (unpaired) electrons. The normalized spacial score (nSPS) is 17.0. The number of hydrogen-bond donors (Lipinski definition) is 1. The number of amides is 1. The summed E-state index contributed by atoms with van der Waals surface area (Å²) in [4.78, 5) is 14.5. The Hall–Kier alpha value is -2.36. The maximum atomic E-state index is 13.5. The van der Waals surface area contributed by atoms with Crippen LogP contribution < -0.4 is 10.2 Å². The van der Waals surface area contributed by atoms with Gasteiger partial charge < -0.3 is 10.2 Å². The Morgan fingerprint density at radius 3 is 2.61 bits per heavy atom. The van der Waals surface area contributed by atoms with Gasteiger partial charge >= 0.3 is 0 Å². The third-order valence-corrected chi connectivity index (χ3v) is 4.43. The van der Waals surface area contributed by atoms with Crippen molar-refractivity contribution in [3.63, 3.8) is 0 Å². The predicted octanol–water partition coefficient (Wildman–Crippen LogP) is 4.18. The second kappa shape index (κ2) is 6.03. The fourth-order valence-electron chi connectivity index (χ4n) is 2.95. The highest BCUT2D eigenvalue weighted by atomic mass is 19.1. The molecule has 1 aliphatic heterocycles. The summed E-state index contributed by atoms with van der Waals surface area (Å²) in [5, 5.41) is 3.33. The molecule has 1 atom stereocenters. The van der Waals surface area contributed by atoms with Crippen molar-refractivity contribution >= 4 is 17.3 Å². The Bertz CT molecular complexity index is 757. The van der Waals surface area contributed by atoms with Crippen LogP contribution in [-0.2, 0) is 11.3 Å². The zero-order valence-electron chi connectivity index (χ0n) is 13.7. The molecule has 0 aliphatic carbocycles. The first kappa shape index (κ1) is 15.5. The van der Waals surface area contributed by atoms with Crippen LogP contribution in [0.25, 0.3) is 0 Å². The summed E-state index contributed by atoms with van der Waals surface area (Å²) in [7, 11) is 0. The summed E-state index contributed by atoms with van der Waals surface area (Å²) in [6.07, 6.45) is 0.713. The van der Waals surface area contributed by atoms with Gasteiger partial charge in [0.1, 0.15) is 11.9 Å². The zero-order valence-corrected chi connectivity index (χ0v) is 13.7. The summed E-state index contributed by atoms with van der Waals surface area (Å²) in [6.45, 7) is 6.46. The monoisotopic (exact) mass is 312 g/mol. The summed E-state index contributed by atoms with van der Waals surface area (Å²) in [5.41, 5.74) is 4.95. The molecule has 2 aromatic rings. The van der Waals surface area contributed by atoms with Crippen molar-refractivity contribution in [2.75, 3.05) is 10.2 Å². The molecule has 1 amide bonds. The van der Waals surface area contributed by atoms with E-state index in [4.69, 9.17) is 0 Å². The van der Waals surface area contributed by atoms with Gasteiger partial charge in [0.2, 0.25) is 5.91 Å². The van der Waals surface area contributed by atoms with E-state index < -0.39 is 0 Å². The van der Waals surface area contributed by atoms with Gasteiger partial charge in [-0.15, -0.1) is 0 Å². The first-order valence-electron chi connectivity index (χ1n) is 7.93. The van der Waals surface area contributed by atoms with E-state index >= 15 is 0 Å². The number of anilines is 2. The number of fused-ring (bicyclic) bond motifs is 1. The molecule has 0 bridgehead atoms. The number of benzene rings is 2. The summed E-state index contributed by atoms with van der Waals surface area (Å²) in [5.74, 6) is -0.245. The smallest absolute Gasteiger partial charge is 0.249 e. The molecule has 0 aromatic heterocycles. The maximum absolute atomic E-state index is 13.5. The number of halogens is 1. The highest BCUT2D eigenvalue weighted by molar-refractivity contribution is 6.05. The van der Waals surface area contributed by atoms with Crippen molar-refractivity contribution in [2.45, 2.75) is 39.8 Å². The van der Waals surface area contributed by atoms with Crippen LogP contribution in [0.2, 0.25) is 0 Å². The lowest BCUT2D eigenvalue weighted by Gasteiger charge is -2.35. The van der Waals surface area contributed by atoms with Crippen LogP contribution in [0.3, 0.4) is 0 Å². The van der Waals surface area contributed by atoms with Crippen molar-refractivity contribution < 1.29 is 9.18 Å². The molecule has 2 aromatic carbocycles. The molecule has 4 heteroatoms. The number of hydrogen-bond acceptors (Lipinski definition) is 2. The van der Waals surface area contributed by atoms with Crippen LogP contribution in [0.5, 0.6) is 0 Å². The zero-order chi connectivity index (χ0) is 16.6. The van der Waals surface area contributed by atoms with Gasteiger partial charge in [-0.05, 0) is 61.2 Å². The van der Waals surface area contributed by atoms with Crippen LogP contribution >= 0.6 is 0 Å². The van der Waals surface area contributed by atoms with Gasteiger partial charge in [0.05, 0.1) is 17.9 Å². The van der Waals surface area contributed by atoms with Crippen LogP contribution in [0.4, 0.5) is 15.8 Å². The van der Waals surface area contributed by atoms with Gasteiger partial charge in [-0.2, -0.15) is 0 Å². The lowest BCUT2D eigenvalue weighted by atomic mass is 10.0. The first-order chi connectivity index (χ1) is 11.0. The molecule has 0 fully saturated rings. The lowest BCUT2D eigenvalue weighted by Crippen LogP contribution is -2.46. The average Bonchev–Trinajstić information content (AvgIpc) is 2.52. The van der Waals surface area contributed by atoms with Crippen LogP contribution in [0.1, 0.15) is 30.0 Å². The van der Waals surface area contributed by atoms with Gasteiger partial charge in [-0.25, -0.2) is 4.39 Å². The minimum Gasteiger partial charge on any atom is -0.372 e. The van der Waals surface area contributed by atoms with Crippen molar-refractivity contribution in [3.05, 3.63) is 58.9 Å². The molecule has 0 saturated carbocycles. The standard InChI is InChI=1S/C19H21FN2O/c1-4-16-19(23)22(11-14-6-5-7-15(20)10-14)18-9-13(3)12(2)8-17(18)21-16/h5-10,16,21H,4,11H2,1-3H3. The molecule has 1 aliphatic rings. The van der Waals surface area contributed by atoms with E-state index in [2.05, 4.69) is 18.3 Å². The van der Waals surface area contributed by atoms with Crippen LogP contribution in [-0.4, -0.2) is 11.9 Å². The van der Waals surface area contributed by atoms with E-state index in [9.17, 15) is 9.18 Å². The number of aryl methyl sites for hydroxylation is 2. The van der Waals surface area contributed by atoms with Crippen molar-refractivity contribution in [1.29, 1.82) is 0 Å². The minimum atomic E-state index is -0.280. The van der Waals surface area contributed by atoms with Crippen molar-refractivity contribution in [1.82, 2.24) is 0 Å². The number of rotatable bonds is 3. The predicted molar refractivity (Wildman–Crippen MR) is 91.2 cm³/mol. The van der Waals surface area contributed by atoms with Crippen molar-refractivity contribution in [2.24, 2.45) is 0 Å². The van der Waals surface area contributed by atoms with E-state index in [1.165, 1.54) is 17.7 Å². The molecule has 23 heavy (non-hydrogen) atoms. The maximum Gasteiger partial charge on any atom is 0.249 e. The van der Waals surface area contributed by atoms with Gasteiger partial charge in [-0.3, -0.25) is 4.79 Å². The van der Waals surface area contributed by atoms with E-state index in [0.717, 1.165) is 22.5 Å². The Morgan fingerprint density at radius 1 is 1.17 bits per heavy atom. The number of nitrogens with one attached hydrogen (secondary N) is 1. The number of carbonyl (C=O) groups excluding carboxylic acids is 1. The Morgan fingerprint density at radius 2 is 1.91 bits per heavy atom. The van der Waals surface area contributed by atoms with E-state index in [0.29, 0.717) is 13.0 Å². The molecule has 1 unspecified atom stereocenters. The Balaban J connectivity index is 2.03. The van der Waals surface area contributed by atoms with E-state index in [-0.39, 0.29) is 17.8 Å². The van der Waals surface area contributed by atoms with Crippen molar-refractivity contribution in [3.8, 4) is 0 Å². The highest BCUT2D eigenvalue weighted by Crippen LogP contribution is 2.35. The van der Waals surface area contributed by atoms with Gasteiger partial charge in [0, 0.05) is 0 Å². The fourth-order valence-corrected chi connectivity index (χ4v) is 2.95. The fraction of sp³-hybridized carbons (Fsp3) is 0.316. The second-order valence-corrected chi connectivity index (χ2v) is 6.11. The topological polar surface area (TPSA) is 32.3 Å². The summed E-state index contributed by atoms with van der Waals surface area (Å²) < 4.78 is 13.5. The Labute approximate surface area is 136 Å². The second-order valence-electron chi connectivity index (χ2n) is 6.11. The van der Waals surface area contributed by atoms with E-state index in [1.807, 2.05) is 26.0 Å². The SMILES string of the molecule is CCC1Nc2cc(C)c(C)cc2N(Cc2cccc(F)c2)C1=O. The largest absolute Gasteiger partial charge is 0.372 e. The molecule has 0 saturated heterocycles. The lowest BCUT2D eigenvalue weighted by molar-refractivity contribution is -0.119. The van der Waals surface area contributed by atoms with E-state index in [1.54, 1.807) is 11.0 Å². The third-order valence-electron chi connectivity index (χ3n) is 4.43. The van der Waals surface area contributed by atoms with Crippen LogP contribution in [0.15, 0.2) is 36.4 Å². The highest BCUT2D eigenvalue weighted by Gasteiger charge is 2.31. The number of carbonyl (C=O) groups is 1. The molecule has 0 spiro atoms. The molecule has 1 N–H and O–H groups in total. The average molecular weight is 312 g/mol. The molecular formula is C19H21FN2O. The van der Waals surface area contributed by atoms with Crippen LogP contribution in [0, 0.1) is 19.7 Å². The van der Waals surface area contributed by atoms with Gasteiger partial charge in [0.25, 0.3) is 0 Å². The molecule has 120 valence electrons. The van der Waals surface area contributed by atoms with Gasteiger partial charge in [0.15, 0.2) is 0 Å². The molecular weight excluding hydrogens is 291 g/mol. The first-order valence-corrected chi connectivity index (χ1v) is 7.93. The third kappa shape index (κ3) is 2.93.